The number of carbonyl (C=O) groups excluding carboxylic acids is 1. The first-order valence-corrected chi connectivity index (χ1v) is 11.8. The Morgan fingerprint density at radius 1 is 0.971 bits per heavy atom. The minimum Gasteiger partial charge on any atom is -0.494 e. The van der Waals surface area contributed by atoms with Gasteiger partial charge >= 0.3 is 0 Å². The van der Waals surface area contributed by atoms with Gasteiger partial charge in [-0.05, 0) is 60.2 Å². The van der Waals surface area contributed by atoms with E-state index in [1.54, 1.807) is 0 Å². The maximum atomic E-state index is 12.7. The third-order valence-electron chi connectivity index (χ3n) is 6.05. The average molecular weight is 456 g/mol. The Morgan fingerprint density at radius 2 is 1.68 bits per heavy atom. The van der Waals surface area contributed by atoms with E-state index in [9.17, 15) is 4.79 Å². The van der Waals surface area contributed by atoms with Crippen LogP contribution in [0.2, 0.25) is 0 Å². The molecule has 1 heterocycles. The summed E-state index contributed by atoms with van der Waals surface area (Å²) in [7, 11) is 0. The Bertz CT molecular complexity index is 1270. The maximum absolute atomic E-state index is 12.7. The van der Waals surface area contributed by atoms with E-state index in [2.05, 4.69) is 48.9 Å². The quantitative estimate of drug-likeness (QED) is 0.330. The molecule has 4 aromatic rings. The van der Waals surface area contributed by atoms with Crippen LogP contribution in [0.1, 0.15) is 54.5 Å². The highest BCUT2D eigenvalue weighted by atomic mass is 16.5. The van der Waals surface area contributed by atoms with Crippen molar-refractivity contribution in [3.05, 3.63) is 95.3 Å². The largest absolute Gasteiger partial charge is 0.494 e. The second-order valence-electron chi connectivity index (χ2n) is 9.64. The first kappa shape index (κ1) is 23.6. The molecule has 0 unspecified atom stereocenters. The summed E-state index contributed by atoms with van der Waals surface area (Å²) in [5.74, 6) is 1.64. The van der Waals surface area contributed by atoms with Gasteiger partial charge in [0.05, 0.1) is 24.2 Å². The number of hydrogen-bond donors (Lipinski definition) is 1. The molecule has 0 aliphatic heterocycles. The summed E-state index contributed by atoms with van der Waals surface area (Å²) in [5, 5.41) is 3.04. The van der Waals surface area contributed by atoms with Gasteiger partial charge in [0, 0.05) is 12.1 Å². The summed E-state index contributed by atoms with van der Waals surface area (Å²) in [5.41, 5.74) is 5.07. The number of hydrogen-bond acceptors (Lipinski definition) is 3. The minimum atomic E-state index is -0.0845. The number of rotatable bonds is 8. The van der Waals surface area contributed by atoms with Gasteiger partial charge in [0.15, 0.2) is 0 Å². The summed E-state index contributed by atoms with van der Waals surface area (Å²) in [6, 6.07) is 24.0. The molecular formula is C29H33N3O2. The second kappa shape index (κ2) is 10.1. The molecule has 4 rings (SSSR count). The Morgan fingerprint density at radius 3 is 2.41 bits per heavy atom. The van der Waals surface area contributed by atoms with Crippen LogP contribution in [0, 0.1) is 6.92 Å². The number of nitrogens with zero attached hydrogens (tertiary/aromatic N) is 2. The molecule has 1 aromatic heterocycles. The monoisotopic (exact) mass is 455 g/mol. The molecule has 0 aliphatic carbocycles. The van der Waals surface area contributed by atoms with Gasteiger partial charge in [-0.1, -0.05) is 63.2 Å². The van der Waals surface area contributed by atoms with E-state index in [0.717, 1.165) is 41.1 Å². The highest BCUT2D eigenvalue weighted by molar-refractivity contribution is 5.95. The molecule has 176 valence electrons. The van der Waals surface area contributed by atoms with Gasteiger partial charge in [-0.3, -0.25) is 4.79 Å². The topological polar surface area (TPSA) is 56.2 Å². The van der Waals surface area contributed by atoms with Crippen molar-refractivity contribution in [3.63, 3.8) is 0 Å². The van der Waals surface area contributed by atoms with Crippen LogP contribution in [-0.2, 0) is 18.5 Å². The van der Waals surface area contributed by atoms with Crippen molar-refractivity contribution in [2.24, 2.45) is 0 Å². The van der Waals surface area contributed by atoms with Gasteiger partial charge in [0.25, 0.3) is 5.91 Å². The van der Waals surface area contributed by atoms with Gasteiger partial charge in [-0.25, -0.2) is 4.98 Å². The third kappa shape index (κ3) is 5.48. The van der Waals surface area contributed by atoms with Crippen LogP contribution < -0.4 is 10.1 Å². The van der Waals surface area contributed by atoms with E-state index < -0.39 is 0 Å². The number of fused-ring (bicyclic) bond motifs is 1. The smallest absolute Gasteiger partial charge is 0.251 e. The van der Waals surface area contributed by atoms with E-state index in [4.69, 9.17) is 9.72 Å². The van der Waals surface area contributed by atoms with Crippen molar-refractivity contribution in [3.8, 4) is 5.75 Å². The van der Waals surface area contributed by atoms with Crippen LogP contribution in [0.25, 0.3) is 11.0 Å². The number of para-hydroxylation sites is 2. The molecule has 34 heavy (non-hydrogen) atoms. The number of aryl methyl sites for hydroxylation is 2. The van der Waals surface area contributed by atoms with Crippen molar-refractivity contribution in [2.75, 3.05) is 6.61 Å². The molecule has 0 radical (unpaired) electrons. The summed E-state index contributed by atoms with van der Waals surface area (Å²) in [6.07, 6.45) is 0.833. The van der Waals surface area contributed by atoms with E-state index in [1.165, 1.54) is 5.56 Å². The first-order chi connectivity index (χ1) is 16.3. The number of amides is 1. The molecule has 0 fully saturated rings. The van der Waals surface area contributed by atoms with Gasteiger partial charge in [-0.2, -0.15) is 0 Å². The maximum Gasteiger partial charge on any atom is 0.251 e. The number of aromatic nitrogens is 2. The summed E-state index contributed by atoms with van der Waals surface area (Å²) in [4.78, 5) is 17.5. The highest BCUT2D eigenvalue weighted by Gasteiger charge is 2.14. The Labute approximate surface area is 201 Å². The first-order valence-electron chi connectivity index (χ1n) is 11.8. The zero-order valence-electron chi connectivity index (χ0n) is 20.5. The summed E-state index contributed by atoms with van der Waals surface area (Å²) in [6.45, 7) is 10.3. The molecule has 0 spiro atoms. The SMILES string of the molecule is Cc1ccccc1C(=O)NCc1nc2ccccc2n1CCCOc1ccc(C(C)(C)C)cc1. The molecule has 5 heteroatoms. The molecule has 0 saturated carbocycles. The van der Waals surface area contributed by atoms with Crippen molar-refractivity contribution in [1.29, 1.82) is 0 Å². The van der Waals surface area contributed by atoms with Gasteiger partial charge in [0.1, 0.15) is 11.6 Å². The lowest BCUT2D eigenvalue weighted by molar-refractivity contribution is 0.0949. The fraction of sp³-hybridized carbons (Fsp3) is 0.310. The fourth-order valence-corrected chi connectivity index (χ4v) is 4.06. The van der Waals surface area contributed by atoms with Crippen molar-refractivity contribution in [1.82, 2.24) is 14.9 Å². The predicted molar refractivity (Wildman–Crippen MR) is 137 cm³/mol. The second-order valence-corrected chi connectivity index (χ2v) is 9.64. The normalized spacial score (nSPS) is 11.5. The Kier molecular flexibility index (Phi) is 7.01. The van der Waals surface area contributed by atoms with Gasteiger partial charge in [-0.15, -0.1) is 0 Å². The third-order valence-corrected chi connectivity index (χ3v) is 6.05. The van der Waals surface area contributed by atoms with Crippen LogP contribution in [0.4, 0.5) is 0 Å². The number of imidazole rings is 1. The molecular weight excluding hydrogens is 422 g/mol. The Hall–Kier alpha value is -3.60. The zero-order chi connectivity index (χ0) is 24.1. The number of benzene rings is 3. The Balaban J connectivity index is 1.40. The van der Waals surface area contributed by atoms with E-state index >= 15 is 0 Å². The fourth-order valence-electron chi connectivity index (χ4n) is 4.06. The minimum absolute atomic E-state index is 0.0845. The van der Waals surface area contributed by atoms with Crippen molar-refractivity contribution >= 4 is 16.9 Å². The van der Waals surface area contributed by atoms with Crippen LogP contribution in [-0.4, -0.2) is 22.1 Å². The molecule has 0 aliphatic rings. The van der Waals surface area contributed by atoms with Crippen molar-refractivity contribution in [2.45, 2.75) is 52.6 Å². The highest BCUT2D eigenvalue weighted by Crippen LogP contribution is 2.24. The molecule has 5 nitrogen and oxygen atoms in total. The lowest BCUT2D eigenvalue weighted by Gasteiger charge is -2.19. The molecule has 0 bridgehead atoms. The lowest BCUT2D eigenvalue weighted by Crippen LogP contribution is -2.25. The van der Waals surface area contributed by atoms with Crippen molar-refractivity contribution < 1.29 is 9.53 Å². The van der Waals surface area contributed by atoms with Gasteiger partial charge in [0.2, 0.25) is 0 Å². The van der Waals surface area contributed by atoms with Crippen LogP contribution in [0.3, 0.4) is 0 Å². The molecule has 0 saturated heterocycles. The number of nitrogens with one attached hydrogen (secondary N) is 1. The standard InChI is InChI=1S/C29H33N3O2/c1-21-10-5-6-11-24(21)28(33)30-20-27-31-25-12-7-8-13-26(25)32(27)18-9-19-34-23-16-14-22(15-17-23)29(2,3)4/h5-8,10-17H,9,18-20H2,1-4H3,(H,30,33). The molecule has 3 aromatic carbocycles. The van der Waals surface area contributed by atoms with Gasteiger partial charge < -0.3 is 14.6 Å². The van der Waals surface area contributed by atoms with Crippen LogP contribution in [0.15, 0.2) is 72.8 Å². The summed E-state index contributed by atoms with van der Waals surface area (Å²) < 4.78 is 8.17. The van der Waals surface area contributed by atoms with Crippen LogP contribution in [0.5, 0.6) is 5.75 Å². The van der Waals surface area contributed by atoms with Crippen LogP contribution >= 0.6 is 0 Å². The van der Waals surface area contributed by atoms with E-state index in [1.807, 2.05) is 61.5 Å². The predicted octanol–water partition coefficient (Wildman–Crippen LogP) is 6.04. The van der Waals surface area contributed by atoms with E-state index in [-0.39, 0.29) is 11.3 Å². The molecule has 1 N–H and O–H groups in total. The van der Waals surface area contributed by atoms with E-state index in [0.29, 0.717) is 18.7 Å². The molecule has 0 atom stereocenters. The number of carbonyl (C=O) groups is 1. The average Bonchev–Trinajstić information content (AvgIpc) is 3.18. The summed E-state index contributed by atoms with van der Waals surface area (Å²) >= 11 is 0. The lowest BCUT2D eigenvalue weighted by atomic mass is 9.87. The molecule has 1 amide bonds. The zero-order valence-corrected chi connectivity index (χ0v) is 20.5. The number of ether oxygens (including phenoxy) is 1.